The number of amides is 1. The molecule has 1 heterocycles. The number of hydrogen-bond donors (Lipinski definition) is 2. The van der Waals surface area contributed by atoms with E-state index in [9.17, 15) is 9.59 Å². The Bertz CT molecular complexity index is 272. The highest BCUT2D eigenvalue weighted by atomic mass is 16.4. The lowest BCUT2D eigenvalue weighted by Gasteiger charge is -2.37. The third-order valence-electron chi connectivity index (χ3n) is 3.09. The van der Waals surface area contributed by atoms with Crippen LogP contribution < -0.4 is 5.32 Å². The van der Waals surface area contributed by atoms with Gasteiger partial charge in [0.15, 0.2) is 0 Å². The third-order valence-corrected chi connectivity index (χ3v) is 3.09. The van der Waals surface area contributed by atoms with Crippen molar-refractivity contribution < 1.29 is 14.7 Å². The van der Waals surface area contributed by atoms with E-state index < -0.39 is 11.5 Å². The molecular formula is C11H20N2O3. The van der Waals surface area contributed by atoms with Crippen LogP contribution in [0.3, 0.4) is 0 Å². The van der Waals surface area contributed by atoms with Crippen LogP contribution in [0.25, 0.3) is 0 Å². The molecule has 1 fully saturated rings. The molecule has 16 heavy (non-hydrogen) atoms. The molecule has 1 aliphatic heterocycles. The average Bonchev–Trinajstić information content (AvgIpc) is 2.25. The van der Waals surface area contributed by atoms with E-state index in [1.165, 1.54) is 4.90 Å². The Hall–Kier alpha value is -1.10. The first-order chi connectivity index (χ1) is 7.49. The molecule has 5 heteroatoms. The maximum Gasteiger partial charge on any atom is 0.323 e. The Morgan fingerprint density at radius 1 is 1.44 bits per heavy atom. The van der Waals surface area contributed by atoms with Crippen LogP contribution in [0.15, 0.2) is 0 Å². The van der Waals surface area contributed by atoms with Crippen molar-refractivity contribution in [1.29, 1.82) is 0 Å². The summed E-state index contributed by atoms with van der Waals surface area (Å²) in [5.41, 5.74) is -0.580. The number of piperidine rings is 1. The lowest BCUT2D eigenvalue weighted by Crippen LogP contribution is -2.58. The summed E-state index contributed by atoms with van der Waals surface area (Å²) in [5, 5.41) is 11.9. The van der Waals surface area contributed by atoms with Gasteiger partial charge in [0, 0.05) is 6.54 Å². The van der Waals surface area contributed by atoms with E-state index in [0.29, 0.717) is 6.54 Å². The number of carbonyl (C=O) groups is 2. The average molecular weight is 228 g/mol. The number of aliphatic carboxylic acids is 1. The van der Waals surface area contributed by atoms with Gasteiger partial charge in [0.2, 0.25) is 5.91 Å². The van der Waals surface area contributed by atoms with E-state index in [-0.39, 0.29) is 12.5 Å². The summed E-state index contributed by atoms with van der Waals surface area (Å²) in [5.74, 6) is -1.06. The molecule has 1 rings (SSSR count). The number of carboxylic acid groups (broad SMARTS) is 1. The number of rotatable bonds is 4. The van der Waals surface area contributed by atoms with Crippen molar-refractivity contribution >= 4 is 11.9 Å². The number of nitrogens with zero attached hydrogens (tertiary/aromatic N) is 1. The highest BCUT2D eigenvalue weighted by molar-refractivity contribution is 5.88. The van der Waals surface area contributed by atoms with Crippen molar-refractivity contribution in [3.05, 3.63) is 0 Å². The summed E-state index contributed by atoms with van der Waals surface area (Å²) in [7, 11) is 0. The van der Waals surface area contributed by atoms with Crippen LogP contribution in [0.1, 0.15) is 33.1 Å². The molecule has 1 aliphatic rings. The smallest absolute Gasteiger partial charge is 0.323 e. The number of carboxylic acids is 1. The van der Waals surface area contributed by atoms with Crippen LogP contribution in [-0.4, -0.2) is 47.1 Å². The van der Waals surface area contributed by atoms with Crippen molar-refractivity contribution in [3.8, 4) is 0 Å². The van der Waals surface area contributed by atoms with Gasteiger partial charge in [-0.05, 0) is 39.7 Å². The summed E-state index contributed by atoms with van der Waals surface area (Å²) in [6.45, 7) is 4.70. The molecule has 0 radical (unpaired) electrons. The zero-order valence-corrected chi connectivity index (χ0v) is 9.95. The minimum atomic E-state index is -0.963. The predicted molar refractivity (Wildman–Crippen MR) is 60.1 cm³/mol. The van der Waals surface area contributed by atoms with Crippen LogP contribution in [0.4, 0.5) is 0 Å². The second-order valence-electron chi connectivity index (χ2n) is 4.43. The van der Waals surface area contributed by atoms with Gasteiger partial charge >= 0.3 is 5.97 Å². The van der Waals surface area contributed by atoms with Crippen molar-refractivity contribution in [1.82, 2.24) is 10.2 Å². The highest BCUT2D eigenvalue weighted by Gasteiger charge is 2.37. The van der Waals surface area contributed by atoms with Crippen LogP contribution in [0.5, 0.6) is 0 Å². The van der Waals surface area contributed by atoms with E-state index in [1.807, 2.05) is 6.92 Å². The summed E-state index contributed by atoms with van der Waals surface area (Å²) in [6.07, 6.45) is 2.87. The molecule has 1 atom stereocenters. The van der Waals surface area contributed by atoms with Gasteiger partial charge in [-0.3, -0.25) is 9.59 Å². The minimum Gasteiger partial charge on any atom is -0.480 e. The van der Waals surface area contributed by atoms with Crippen molar-refractivity contribution in [2.24, 2.45) is 0 Å². The van der Waals surface area contributed by atoms with Crippen molar-refractivity contribution in [2.45, 2.75) is 38.6 Å². The molecule has 5 nitrogen and oxygen atoms in total. The molecule has 0 aliphatic carbocycles. The van der Waals surface area contributed by atoms with Gasteiger partial charge in [0.1, 0.15) is 6.54 Å². The van der Waals surface area contributed by atoms with Crippen LogP contribution in [0.2, 0.25) is 0 Å². The van der Waals surface area contributed by atoms with Gasteiger partial charge in [-0.1, -0.05) is 0 Å². The second-order valence-corrected chi connectivity index (χ2v) is 4.43. The summed E-state index contributed by atoms with van der Waals surface area (Å²) >= 11 is 0. The summed E-state index contributed by atoms with van der Waals surface area (Å²) < 4.78 is 0. The number of likely N-dealkylation sites (N-methyl/N-ethyl adjacent to an activating group) is 1. The molecular weight excluding hydrogens is 208 g/mol. The largest absolute Gasteiger partial charge is 0.480 e. The molecule has 2 N–H and O–H groups in total. The van der Waals surface area contributed by atoms with Gasteiger partial charge in [-0.2, -0.15) is 0 Å². The quantitative estimate of drug-likeness (QED) is 0.733. The van der Waals surface area contributed by atoms with Crippen LogP contribution in [0, 0.1) is 0 Å². The Morgan fingerprint density at radius 3 is 2.56 bits per heavy atom. The fourth-order valence-corrected chi connectivity index (χ4v) is 2.08. The molecule has 0 spiro atoms. The van der Waals surface area contributed by atoms with Crippen molar-refractivity contribution in [3.63, 3.8) is 0 Å². The fourth-order valence-electron chi connectivity index (χ4n) is 2.08. The van der Waals surface area contributed by atoms with Gasteiger partial charge in [0.25, 0.3) is 0 Å². The maximum atomic E-state index is 12.2. The topological polar surface area (TPSA) is 69.6 Å². The first kappa shape index (κ1) is 13.0. The zero-order valence-electron chi connectivity index (χ0n) is 9.95. The molecule has 0 aromatic heterocycles. The van der Waals surface area contributed by atoms with Crippen LogP contribution >= 0.6 is 0 Å². The van der Waals surface area contributed by atoms with E-state index in [1.54, 1.807) is 6.92 Å². The molecule has 0 aromatic carbocycles. The van der Waals surface area contributed by atoms with E-state index >= 15 is 0 Å². The van der Waals surface area contributed by atoms with Gasteiger partial charge in [-0.15, -0.1) is 0 Å². The lowest BCUT2D eigenvalue weighted by molar-refractivity contribution is -0.147. The molecule has 92 valence electrons. The minimum absolute atomic E-state index is 0.0999. The zero-order chi connectivity index (χ0) is 12.2. The lowest BCUT2D eigenvalue weighted by atomic mass is 9.89. The number of carbonyl (C=O) groups excluding carboxylic acids is 1. The maximum absolute atomic E-state index is 12.2. The van der Waals surface area contributed by atoms with E-state index in [4.69, 9.17) is 5.11 Å². The molecule has 1 amide bonds. The van der Waals surface area contributed by atoms with Gasteiger partial charge < -0.3 is 15.3 Å². The molecule has 0 saturated carbocycles. The monoisotopic (exact) mass is 228 g/mol. The van der Waals surface area contributed by atoms with E-state index in [2.05, 4.69) is 5.32 Å². The van der Waals surface area contributed by atoms with Crippen molar-refractivity contribution in [2.75, 3.05) is 19.6 Å². The summed E-state index contributed by atoms with van der Waals surface area (Å²) in [4.78, 5) is 24.2. The highest BCUT2D eigenvalue weighted by Crippen LogP contribution is 2.21. The molecule has 1 saturated heterocycles. The first-order valence-corrected chi connectivity index (χ1v) is 5.76. The van der Waals surface area contributed by atoms with E-state index in [0.717, 1.165) is 25.8 Å². The Morgan fingerprint density at radius 2 is 2.12 bits per heavy atom. The third kappa shape index (κ3) is 2.95. The second kappa shape index (κ2) is 5.30. The Kier molecular flexibility index (Phi) is 4.29. The number of nitrogens with one attached hydrogen (secondary N) is 1. The predicted octanol–water partition coefficient (Wildman–Crippen LogP) is 0.452. The standard InChI is InChI=1S/C11H20N2O3/c1-3-13(8-9(14)15)10(16)11(2)6-4-5-7-12-11/h12H,3-8H2,1-2H3,(H,14,15). The van der Waals surface area contributed by atoms with Crippen LogP contribution in [-0.2, 0) is 9.59 Å². The SMILES string of the molecule is CCN(CC(=O)O)C(=O)C1(C)CCCCN1. The molecule has 0 aromatic rings. The fraction of sp³-hybridized carbons (Fsp3) is 0.818. The summed E-state index contributed by atoms with van der Waals surface area (Å²) in [6, 6.07) is 0. The number of hydrogen-bond acceptors (Lipinski definition) is 3. The van der Waals surface area contributed by atoms with Gasteiger partial charge in [0.05, 0.1) is 5.54 Å². The molecule has 1 unspecified atom stereocenters. The molecule has 0 bridgehead atoms. The normalized spacial score (nSPS) is 25.1. The Balaban J connectivity index is 2.68. The first-order valence-electron chi connectivity index (χ1n) is 5.76. The van der Waals surface area contributed by atoms with Gasteiger partial charge in [-0.25, -0.2) is 0 Å². The Labute approximate surface area is 95.8 Å².